The molecular formula is C15H16FNO5. The van der Waals surface area contributed by atoms with Crippen LogP contribution in [-0.4, -0.2) is 36.5 Å². The molecule has 0 bridgehead atoms. The van der Waals surface area contributed by atoms with Crippen molar-refractivity contribution in [1.29, 1.82) is 0 Å². The molecule has 2 rings (SSSR count). The van der Waals surface area contributed by atoms with Gasteiger partial charge in [-0.05, 0) is 31.5 Å². The van der Waals surface area contributed by atoms with Crippen LogP contribution in [0.2, 0.25) is 0 Å². The number of ether oxygens (including phenoxy) is 2. The van der Waals surface area contributed by atoms with Gasteiger partial charge >= 0.3 is 17.5 Å². The number of hydrogen-bond acceptors (Lipinski definition) is 6. The summed E-state index contributed by atoms with van der Waals surface area (Å²) >= 11 is 0. The monoisotopic (exact) mass is 309 g/mol. The second-order valence-corrected chi connectivity index (χ2v) is 4.58. The molecule has 1 heterocycles. The van der Waals surface area contributed by atoms with Gasteiger partial charge in [0.1, 0.15) is 5.82 Å². The number of benzene rings is 1. The minimum atomic E-state index is -1.93. The number of carbonyl (C=O) groups is 2. The van der Waals surface area contributed by atoms with Crippen LogP contribution < -0.4 is 0 Å². The molecule has 6 nitrogen and oxygen atoms in total. The summed E-state index contributed by atoms with van der Waals surface area (Å²) < 4.78 is 22.8. The zero-order chi connectivity index (χ0) is 16.2. The molecule has 0 saturated heterocycles. The van der Waals surface area contributed by atoms with Gasteiger partial charge in [-0.2, -0.15) is 0 Å². The molecule has 0 aliphatic carbocycles. The summed E-state index contributed by atoms with van der Waals surface area (Å²) in [4.78, 5) is 29.4. The van der Waals surface area contributed by atoms with E-state index >= 15 is 0 Å². The van der Waals surface area contributed by atoms with Crippen molar-refractivity contribution in [2.45, 2.75) is 25.9 Å². The lowest BCUT2D eigenvalue weighted by atomic mass is 9.94. The minimum absolute atomic E-state index is 0.0925. The van der Waals surface area contributed by atoms with Gasteiger partial charge in [0.05, 0.1) is 25.3 Å². The molecule has 22 heavy (non-hydrogen) atoms. The van der Waals surface area contributed by atoms with Crippen molar-refractivity contribution in [3.63, 3.8) is 0 Å². The number of esters is 2. The first-order chi connectivity index (χ1) is 10.5. The average Bonchev–Trinajstić information content (AvgIpc) is 2.95. The van der Waals surface area contributed by atoms with Crippen LogP contribution >= 0.6 is 0 Å². The van der Waals surface area contributed by atoms with Crippen LogP contribution in [0.3, 0.4) is 0 Å². The summed E-state index contributed by atoms with van der Waals surface area (Å²) in [6, 6.07) is 5.49. The van der Waals surface area contributed by atoms with E-state index in [2.05, 4.69) is 5.16 Å². The van der Waals surface area contributed by atoms with Gasteiger partial charge in [-0.1, -0.05) is 17.3 Å². The maximum Gasteiger partial charge on any atom is 0.365 e. The molecule has 7 heteroatoms. The summed E-state index contributed by atoms with van der Waals surface area (Å²) in [7, 11) is 0. The van der Waals surface area contributed by atoms with E-state index in [1.807, 2.05) is 0 Å². The maximum atomic E-state index is 13.0. The van der Waals surface area contributed by atoms with Crippen LogP contribution in [0.4, 0.5) is 4.39 Å². The molecule has 1 aliphatic heterocycles. The van der Waals surface area contributed by atoms with Crippen LogP contribution in [-0.2, 0) is 23.9 Å². The van der Waals surface area contributed by atoms with Crippen molar-refractivity contribution in [3.8, 4) is 0 Å². The van der Waals surface area contributed by atoms with E-state index in [0.717, 1.165) is 0 Å². The Labute approximate surface area is 126 Å². The van der Waals surface area contributed by atoms with Crippen molar-refractivity contribution in [1.82, 2.24) is 0 Å². The molecule has 0 saturated carbocycles. The highest BCUT2D eigenvalue weighted by molar-refractivity contribution is 6.13. The highest BCUT2D eigenvalue weighted by atomic mass is 19.1. The summed E-state index contributed by atoms with van der Waals surface area (Å²) in [5.41, 5.74) is -1.03. The summed E-state index contributed by atoms with van der Waals surface area (Å²) in [5.74, 6) is -2.10. The van der Waals surface area contributed by atoms with E-state index in [-0.39, 0.29) is 19.6 Å². The Morgan fingerprint density at radius 2 is 1.73 bits per heavy atom. The highest BCUT2D eigenvalue weighted by Crippen LogP contribution is 2.30. The van der Waals surface area contributed by atoms with Crippen LogP contribution in [0.25, 0.3) is 0 Å². The van der Waals surface area contributed by atoms with E-state index in [0.29, 0.717) is 11.3 Å². The minimum Gasteiger partial charge on any atom is -0.462 e. The van der Waals surface area contributed by atoms with E-state index in [9.17, 15) is 14.0 Å². The van der Waals surface area contributed by atoms with Crippen molar-refractivity contribution >= 4 is 17.7 Å². The Morgan fingerprint density at radius 1 is 1.18 bits per heavy atom. The second kappa shape index (κ2) is 6.55. The Morgan fingerprint density at radius 3 is 2.23 bits per heavy atom. The molecule has 0 spiro atoms. The fourth-order valence-corrected chi connectivity index (χ4v) is 2.03. The quantitative estimate of drug-likeness (QED) is 0.612. The molecule has 0 fully saturated rings. The number of carbonyl (C=O) groups excluding carboxylic acids is 2. The highest BCUT2D eigenvalue weighted by Gasteiger charge is 2.56. The normalized spacial score (nSPS) is 15.7. The maximum absolute atomic E-state index is 13.0. The summed E-state index contributed by atoms with van der Waals surface area (Å²) in [5, 5.41) is 3.79. The van der Waals surface area contributed by atoms with E-state index in [4.69, 9.17) is 14.3 Å². The first kappa shape index (κ1) is 15.9. The Kier molecular flexibility index (Phi) is 4.75. The first-order valence-electron chi connectivity index (χ1n) is 6.89. The van der Waals surface area contributed by atoms with E-state index in [1.165, 1.54) is 24.3 Å². The molecule has 0 aromatic heterocycles. The van der Waals surface area contributed by atoms with Gasteiger partial charge in [0.2, 0.25) is 0 Å². The summed E-state index contributed by atoms with van der Waals surface area (Å²) in [6.07, 6.45) is -0.129. The second-order valence-electron chi connectivity index (χ2n) is 4.58. The topological polar surface area (TPSA) is 74.2 Å². The lowest BCUT2D eigenvalue weighted by molar-refractivity contribution is -0.187. The number of nitrogens with zero attached hydrogens (tertiary/aromatic N) is 1. The Bertz CT molecular complexity index is 578. The lowest BCUT2D eigenvalue weighted by Gasteiger charge is -2.21. The molecule has 1 aromatic carbocycles. The van der Waals surface area contributed by atoms with E-state index < -0.39 is 23.4 Å². The average molecular weight is 309 g/mol. The van der Waals surface area contributed by atoms with Crippen molar-refractivity contribution in [2.24, 2.45) is 5.16 Å². The molecule has 0 atom stereocenters. The number of rotatable bonds is 5. The SMILES string of the molecule is CCOC(=O)C1(C(=O)OCC)CC(c2ccc(F)cc2)=NO1. The standard InChI is InChI=1S/C15H16FNO5/c1-3-20-13(18)15(14(19)21-4-2)9-12(17-22-15)10-5-7-11(16)8-6-10/h5-8H,3-4,9H2,1-2H3. The van der Waals surface area contributed by atoms with Gasteiger partial charge in [0.15, 0.2) is 0 Å². The zero-order valence-corrected chi connectivity index (χ0v) is 12.3. The molecule has 1 aromatic rings. The van der Waals surface area contributed by atoms with Crippen molar-refractivity contribution < 1.29 is 28.3 Å². The van der Waals surface area contributed by atoms with Gasteiger partial charge in [-0.25, -0.2) is 14.0 Å². The smallest absolute Gasteiger partial charge is 0.365 e. The van der Waals surface area contributed by atoms with Gasteiger partial charge in [-0.15, -0.1) is 0 Å². The van der Waals surface area contributed by atoms with Crippen molar-refractivity contribution in [3.05, 3.63) is 35.6 Å². The van der Waals surface area contributed by atoms with Crippen molar-refractivity contribution in [2.75, 3.05) is 13.2 Å². The number of oxime groups is 1. The van der Waals surface area contributed by atoms with Crippen LogP contribution in [0, 0.1) is 5.82 Å². The molecule has 118 valence electrons. The molecule has 0 radical (unpaired) electrons. The van der Waals surface area contributed by atoms with Gasteiger partial charge in [0.25, 0.3) is 0 Å². The van der Waals surface area contributed by atoms with Gasteiger partial charge in [0, 0.05) is 0 Å². The van der Waals surface area contributed by atoms with Crippen LogP contribution in [0.15, 0.2) is 29.4 Å². The molecule has 0 amide bonds. The van der Waals surface area contributed by atoms with E-state index in [1.54, 1.807) is 13.8 Å². The fourth-order valence-electron chi connectivity index (χ4n) is 2.03. The number of halogens is 1. The van der Waals surface area contributed by atoms with Gasteiger partial charge in [-0.3, -0.25) is 0 Å². The first-order valence-corrected chi connectivity index (χ1v) is 6.89. The summed E-state index contributed by atoms with van der Waals surface area (Å²) in [6.45, 7) is 3.42. The molecular weight excluding hydrogens is 293 g/mol. The number of hydrogen-bond donors (Lipinski definition) is 0. The Hall–Kier alpha value is -2.44. The Balaban J connectivity index is 2.26. The predicted molar refractivity (Wildman–Crippen MR) is 74.6 cm³/mol. The fraction of sp³-hybridized carbons (Fsp3) is 0.400. The zero-order valence-electron chi connectivity index (χ0n) is 12.3. The third-order valence-corrected chi connectivity index (χ3v) is 3.12. The largest absolute Gasteiger partial charge is 0.462 e. The third kappa shape index (κ3) is 2.93. The van der Waals surface area contributed by atoms with Gasteiger partial charge < -0.3 is 14.3 Å². The molecule has 1 aliphatic rings. The molecule has 0 N–H and O–H groups in total. The molecule has 0 unspecified atom stereocenters. The predicted octanol–water partition coefficient (Wildman–Crippen LogP) is 1.82. The lowest BCUT2D eigenvalue weighted by Crippen LogP contribution is -2.49. The van der Waals surface area contributed by atoms with Crippen LogP contribution in [0.5, 0.6) is 0 Å². The third-order valence-electron chi connectivity index (χ3n) is 3.12. The van der Waals surface area contributed by atoms with Crippen LogP contribution in [0.1, 0.15) is 25.8 Å².